The smallest absolute Gasteiger partial charge is 0.271 e. The van der Waals surface area contributed by atoms with E-state index >= 15 is 0 Å². The zero-order valence-corrected chi connectivity index (χ0v) is 19.8. The maximum Gasteiger partial charge on any atom is 0.271 e. The highest BCUT2D eigenvalue weighted by molar-refractivity contribution is 6.37. The predicted molar refractivity (Wildman–Crippen MR) is 130 cm³/mol. The molecule has 0 spiro atoms. The Hall–Kier alpha value is -3.07. The first kappa shape index (κ1) is 23.1. The Morgan fingerprint density at radius 2 is 1.79 bits per heavy atom. The largest absolute Gasteiger partial charge is 0.364 e. The van der Waals surface area contributed by atoms with Gasteiger partial charge in [0.1, 0.15) is 5.69 Å². The molecular formula is C23H24Cl2N6O2. The first-order chi connectivity index (χ1) is 15.7. The number of carbonyl (C=O) groups is 2. The summed E-state index contributed by atoms with van der Waals surface area (Å²) < 4.78 is 1.42. The maximum atomic E-state index is 12.8. The lowest BCUT2D eigenvalue weighted by molar-refractivity contribution is 0.0783. The number of benzene rings is 2. The Morgan fingerprint density at radius 1 is 1.12 bits per heavy atom. The molecule has 2 heterocycles. The lowest BCUT2D eigenvalue weighted by Crippen LogP contribution is -2.34. The Labute approximate surface area is 201 Å². The van der Waals surface area contributed by atoms with E-state index in [2.05, 4.69) is 15.3 Å². The van der Waals surface area contributed by atoms with Crippen LogP contribution in [0.2, 0.25) is 10.0 Å². The number of likely N-dealkylation sites (tertiary alicyclic amines) is 1. The van der Waals surface area contributed by atoms with Crippen LogP contribution < -0.4 is 11.1 Å². The van der Waals surface area contributed by atoms with E-state index in [0.717, 1.165) is 19.5 Å². The second-order valence-corrected chi connectivity index (χ2v) is 8.94. The fourth-order valence-corrected chi connectivity index (χ4v) is 4.42. The van der Waals surface area contributed by atoms with E-state index in [1.807, 2.05) is 19.0 Å². The number of carbonyl (C=O) groups excluding carboxylic acids is 2. The van der Waals surface area contributed by atoms with Crippen molar-refractivity contribution in [3.05, 3.63) is 70.0 Å². The van der Waals surface area contributed by atoms with Crippen molar-refractivity contribution in [1.82, 2.24) is 19.6 Å². The topological polar surface area (TPSA) is 96.5 Å². The fourth-order valence-electron chi connectivity index (χ4n) is 3.85. The van der Waals surface area contributed by atoms with Crippen molar-refractivity contribution in [2.24, 2.45) is 5.73 Å². The Morgan fingerprint density at radius 3 is 2.36 bits per heavy atom. The number of anilines is 2. The molecule has 4 rings (SSSR count). The third kappa shape index (κ3) is 4.83. The van der Waals surface area contributed by atoms with Crippen LogP contribution in [0, 0.1) is 0 Å². The van der Waals surface area contributed by atoms with Crippen LogP contribution in [0.5, 0.6) is 0 Å². The number of rotatable bonds is 6. The number of para-hydroxylation sites is 1. The highest BCUT2D eigenvalue weighted by Crippen LogP contribution is 2.30. The van der Waals surface area contributed by atoms with Gasteiger partial charge in [-0.05, 0) is 56.9 Å². The molecule has 1 atom stereocenters. The van der Waals surface area contributed by atoms with Gasteiger partial charge in [0.25, 0.3) is 11.8 Å². The van der Waals surface area contributed by atoms with Gasteiger partial charge in [-0.3, -0.25) is 9.59 Å². The normalized spacial score (nSPS) is 15.8. The van der Waals surface area contributed by atoms with Crippen LogP contribution in [-0.2, 0) is 0 Å². The molecule has 2 amide bonds. The molecule has 0 bridgehead atoms. The summed E-state index contributed by atoms with van der Waals surface area (Å²) >= 11 is 12.5. The third-order valence-corrected chi connectivity index (χ3v) is 6.32. The molecule has 33 heavy (non-hydrogen) atoms. The molecule has 172 valence electrons. The molecule has 8 nitrogen and oxygen atoms in total. The van der Waals surface area contributed by atoms with Crippen LogP contribution in [0.25, 0.3) is 5.69 Å². The van der Waals surface area contributed by atoms with E-state index in [0.29, 0.717) is 38.7 Å². The summed E-state index contributed by atoms with van der Waals surface area (Å²) in [5.74, 6) is -0.694. The van der Waals surface area contributed by atoms with Gasteiger partial charge >= 0.3 is 0 Å². The zero-order chi connectivity index (χ0) is 23.7. The van der Waals surface area contributed by atoms with Gasteiger partial charge < -0.3 is 20.9 Å². The van der Waals surface area contributed by atoms with Gasteiger partial charge in [-0.15, -0.1) is 0 Å². The molecule has 3 N–H and O–H groups in total. The van der Waals surface area contributed by atoms with Crippen molar-refractivity contribution in [2.75, 3.05) is 32.5 Å². The predicted octanol–water partition coefficient (Wildman–Crippen LogP) is 3.80. The summed E-state index contributed by atoms with van der Waals surface area (Å²) in [5.41, 5.74) is 7.68. The van der Waals surface area contributed by atoms with Gasteiger partial charge in [0, 0.05) is 30.4 Å². The van der Waals surface area contributed by atoms with Gasteiger partial charge in [-0.25, -0.2) is 4.68 Å². The highest BCUT2D eigenvalue weighted by atomic mass is 35.5. The SMILES string of the molecule is CN(C)[C@@H]1CCN(C(=O)c2ccc(Nc3cn(-c4c(Cl)cccc4Cl)nc3C(N)=O)cc2)C1. The monoisotopic (exact) mass is 486 g/mol. The van der Waals surface area contributed by atoms with Crippen LogP contribution in [0.15, 0.2) is 48.7 Å². The summed E-state index contributed by atoms with van der Waals surface area (Å²) in [5, 5.41) is 8.17. The molecule has 2 aromatic carbocycles. The Bertz CT molecular complexity index is 1170. The maximum absolute atomic E-state index is 12.8. The van der Waals surface area contributed by atoms with Gasteiger partial charge in [-0.2, -0.15) is 5.10 Å². The summed E-state index contributed by atoms with van der Waals surface area (Å²) in [7, 11) is 4.06. The van der Waals surface area contributed by atoms with Crippen LogP contribution >= 0.6 is 23.2 Å². The molecule has 10 heteroatoms. The second-order valence-electron chi connectivity index (χ2n) is 8.13. The van der Waals surface area contributed by atoms with Crippen molar-refractivity contribution in [3.8, 4) is 5.69 Å². The first-order valence-electron chi connectivity index (χ1n) is 10.4. The third-order valence-electron chi connectivity index (χ3n) is 5.71. The fraction of sp³-hybridized carbons (Fsp3) is 0.261. The Balaban J connectivity index is 1.54. The van der Waals surface area contributed by atoms with Crippen LogP contribution in [-0.4, -0.2) is 64.6 Å². The van der Waals surface area contributed by atoms with Crippen molar-refractivity contribution in [2.45, 2.75) is 12.5 Å². The lowest BCUT2D eigenvalue weighted by Gasteiger charge is -2.20. The molecule has 3 aromatic rings. The number of hydrogen-bond acceptors (Lipinski definition) is 5. The average Bonchev–Trinajstić information content (AvgIpc) is 3.42. The molecular weight excluding hydrogens is 463 g/mol. The number of nitrogens with zero attached hydrogens (tertiary/aromatic N) is 4. The number of aromatic nitrogens is 2. The molecule has 0 radical (unpaired) electrons. The van der Waals surface area contributed by atoms with E-state index in [4.69, 9.17) is 28.9 Å². The minimum Gasteiger partial charge on any atom is -0.364 e. The van der Waals surface area contributed by atoms with Gasteiger partial charge in [0.2, 0.25) is 0 Å². The van der Waals surface area contributed by atoms with Crippen molar-refractivity contribution < 1.29 is 9.59 Å². The number of likely N-dealkylation sites (N-methyl/N-ethyl adjacent to an activating group) is 1. The van der Waals surface area contributed by atoms with Crippen LogP contribution in [0.3, 0.4) is 0 Å². The molecule has 1 fully saturated rings. The average molecular weight is 487 g/mol. The van der Waals surface area contributed by atoms with Crippen molar-refractivity contribution in [3.63, 3.8) is 0 Å². The van der Waals surface area contributed by atoms with E-state index < -0.39 is 5.91 Å². The number of amides is 2. The molecule has 1 aliphatic rings. The van der Waals surface area contributed by atoms with Crippen molar-refractivity contribution in [1.29, 1.82) is 0 Å². The molecule has 1 saturated heterocycles. The van der Waals surface area contributed by atoms with Crippen molar-refractivity contribution >= 4 is 46.4 Å². The number of nitrogens with one attached hydrogen (secondary N) is 1. The van der Waals surface area contributed by atoms with Gasteiger partial charge in [0.15, 0.2) is 5.69 Å². The molecule has 0 unspecified atom stereocenters. The molecule has 1 aromatic heterocycles. The molecule has 1 aliphatic heterocycles. The lowest BCUT2D eigenvalue weighted by atomic mass is 10.1. The summed E-state index contributed by atoms with van der Waals surface area (Å²) in [6, 6.07) is 12.5. The minimum atomic E-state index is -0.698. The first-order valence-corrected chi connectivity index (χ1v) is 11.2. The number of hydrogen-bond donors (Lipinski definition) is 2. The minimum absolute atomic E-state index is 0.00454. The number of primary amides is 1. The van der Waals surface area contributed by atoms with Gasteiger partial charge in [-0.1, -0.05) is 29.3 Å². The standard InChI is InChI=1S/C23H24Cl2N6O2/c1-29(2)16-10-11-30(12-16)23(33)14-6-8-15(9-7-14)27-19-13-31(28-20(19)22(26)32)21-17(24)4-3-5-18(21)25/h3-9,13,16,27H,10-12H2,1-2H3,(H2,26,32)/t16-/m1/s1. The van der Waals surface area contributed by atoms with E-state index in [9.17, 15) is 9.59 Å². The van der Waals surface area contributed by atoms with E-state index in [1.54, 1.807) is 48.7 Å². The summed E-state index contributed by atoms with van der Waals surface area (Å²) in [4.78, 5) is 28.8. The molecule has 0 aliphatic carbocycles. The number of halogens is 2. The zero-order valence-electron chi connectivity index (χ0n) is 18.3. The Kier molecular flexibility index (Phi) is 6.60. The van der Waals surface area contributed by atoms with Gasteiger partial charge in [0.05, 0.1) is 21.9 Å². The van der Waals surface area contributed by atoms with Crippen LogP contribution in [0.4, 0.5) is 11.4 Å². The number of nitrogens with two attached hydrogens (primary N) is 1. The highest BCUT2D eigenvalue weighted by Gasteiger charge is 2.28. The quantitative estimate of drug-likeness (QED) is 0.552. The van der Waals surface area contributed by atoms with E-state index in [1.165, 1.54) is 4.68 Å². The summed E-state index contributed by atoms with van der Waals surface area (Å²) in [6.45, 7) is 1.46. The molecule has 0 saturated carbocycles. The summed E-state index contributed by atoms with van der Waals surface area (Å²) in [6.07, 6.45) is 2.56. The van der Waals surface area contributed by atoms with Crippen LogP contribution in [0.1, 0.15) is 27.3 Å². The second kappa shape index (κ2) is 9.43. The van der Waals surface area contributed by atoms with E-state index in [-0.39, 0.29) is 11.6 Å².